The van der Waals surface area contributed by atoms with Gasteiger partial charge in [0, 0.05) is 21.9 Å². The van der Waals surface area contributed by atoms with Gasteiger partial charge in [-0.15, -0.1) is 0 Å². The summed E-state index contributed by atoms with van der Waals surface area (Å²) >= 11 is 0. The number of fused-ring (bicyclic) bond motifs is 5. The van der Waals surface area contributed by atoms with Gasteiger partial charge in [-0.2, -0.15) is 0 Å². The number of hydrogen-bond acceptors (Lipinski definition) is 1. The highest BCUT2D eigenvalue weighted by molar-refractivity contribution is 6.21. The molecule has 45 heavy (non-hydrogen) atoms. The molecule has 9 rings (SSSR count). The highest BCUT2D eigenvalue weighted by Gasteiger charge is 2.18. The molecule has 0 bridgehead atoms. The molecule has 0 aliphatic rings. The van der Waals surface area contributed by atoms with Gasteiger partial charge in [0.15, 0.2) is 0 Å². The van der Waals surface area contributed by atoms with E-state index >= 15 is 0 Å². The van der Waals surface area contributed by atoms with Crippen molar-refractivity contribution in [1.29, 1.82) is 0 Å². The summed E-state index contributed by atoms with van der Waals surface area (Å²) in [5.41, 5.74) is -6.59. The predicted molar refractivity (Wildman–Crippen MR) is 190 cm³/mol. The second-order valence-corrected chi connectivity index (χ2v) is 9.59. The predicted octanol–water partition coefficient (Wildman–Crippen LogP) is 12.6. The van der Waals surface area contributed by atoms with Gasteiger partial charge in [-0.25, -0.2) is 0 Å². The van der Waals surface area contributed by atoms with E-state index in [0.717, 1.165) is 6.07 Å². The smallest absolute Gasteiger partial charge is 0.143 e. The van der Waals surface area contributed by atoms with Crippen LogP contribution in [0.1, 0.15) is 37.0 Å². The van der Waals surface area contributed by atoms with Gasteiger partial charge in [-0.1, -0.05) is 169 Å². The largest absolute Gasteiger partial charge is 0.455 e. The summed E-state index contributed by atoms with van der Waals surface area (Å²) in [4.78, 5) is 0. The van der Waals surface area contributed by atoms with Crippen LogP contribution in [0.5, 0.6) is 0 Å². The highest BCUT2D eigenvalue weighted by Crippen LogP contribution is 2.44. The van der Waals surface area contributed by atoms with Crippen LogP contribution in [0.15, 0.2) is 174 Å². The summed E-state index contributed by atoms with van der Waals surface area (Å²) in [6.45, 7) is 0. The molecule has 0 atom stereocenters. The quantitative estimate of drug-likeness (QED) is 0.183. The molecule has 0 amide bonds. The topological polar surface area (TPSA) is 13.1 Å². The summed E-state index contributed by atoms with van der Waals surface area (Å²) in [6.07, 6.45) is 0. The van der Waals surface area contributed by atoms with Gasteiger partial charge in [0.1, 0.15) is 11.2 Å². The number of rotatable bonds is 4. The van der Waals surface area contributed by atoms with Gasteiger partial charge in [-0.05, 0) is 54.9 Å². The molecule has 1 heterocycles. The number of para-hydroxylation sites is 2. The van der Waals surface area contributed by atoms with Crippen LogP contribution < -0.4 is 0 Å². The third-order valence-electron chi connectivity index (χ3n) is 7.19. The van der Waals surface area contributed by atoms with Crippen LogP contribution in [0.25, 0.3) is 88.0 Å². The maximum Gasteiger partial charge on any atom is 0.143 e. The summed E-state index contributed by atoms with van der Waals surface area (Å²) < 4.78 is 245. The molecular formula is C44H28O. The van der Waals surface area contributed by atoms with Crippen molar-refractivity contribution in [2.75, 3.05) is 0 Å². The van der Waals surface area contributed by atoms with Crippen LogP contribution in [0.4, 0.5) is 0 Å². The molecule has 0 radical (unpaired) electrons. The van der Waals surface area contributed by atoms with Gasteiger partial charge >= 0.3 is 0 Å². The van der Waals surface area contributed by atoms with Crippen LogP contribution in [-0.4, -0.2) is 0 Å². The zero-order valence-corrected chi connectivity index (χ0v) is 22.5. The molecule has 0 N–H and O–H groups in total. The molecule has 0 unspecified atom stereocenters. The van der Waals surface area contributed by atoms with Crippen molar-refractivity contribution in [3.8, 4) is 44.5 Å². The number of benzene rings is 8. The number of furan rings is 1. The fourth-order valence-corrected chi connectivity index (χ4v) is 5.31. The van der Waals surface area contributed by atoms with Crippen molar-refractivity contribution in [2.24, 2.45) is 0 Å². The monoisotopic (exact) mass is 599 g/mol. The van der Waals surface area contributed by atoms with Crippen LogP contribution in [0.2, 0.25) is 0 Å². The Bertz CT molecular complexity index is 3890. The summed E-state index contributed by atoms with van der Waals surface area (Å²) in [7, 11) is 0. The van der Waals surface area contributed by atoms with Crippen LogP contribution in [0, 0.1) is 0 Å². The Morgan fingerprint density at radius 2 is 0.711 bits per heavy atom. The lowest BCUT2D eigenvalue weighted by Gasteiger charge is -2.18. The van der Waals surface area contributed by atoms with Crippen LogP contribution in [0.3, 0.4) is 0 Å². The van der Waals surface area contributed by atoms with E-state index in [0.29, 0.717) is 0 Å². The second kappa shape index (κ2) is 10.4. The lowest BCUT2D eigenvalue weighted by Crippen LogP contribution is -1.90. The SMILES string of the molecule is [2H]c1cc2c(oc3c(-c4c([2H])c([2H])c([2H])c([2H])c4[2H])c([2H])c([2H])c([2H])c32)c(-c2c([2H])c([2H])c(-c3c4c([2H])c([2H])c([2H])c([2H])c4c(-c4c([2H])c([2H])c([2H])c([2H])c4[2H])c4c([2H])c([2H])c([2H])c([2H])c34)c([2H])c2[2H])c1[2H]. The standard InChI is InChI=1S/C44H28O/c1-3-13-29(14-4-1)33-21-11-23-39-40-24-12-22-34(44(40)45-43(33)39)30-25-27-32(28-26-30)42-37-19-9-7-17-35(37)41(31-15-5-2-6-16-31)36-18-8-10-20-38(36)42/h1-28H/i1D,2D,3D,4D,5D,6D,7D,8D,9D,10D,11D,12D,13D,14D,15D,16D,17D,18D,19D,20D,21D,22D,23D,25D,26D,27D,28D. The van der Waals surface area contributed by atoms with Crippen molar-refractivity contribution in [2.45, 2.75) is 0 Å². The Balaban J connectivity index is 1.49. The van der Waals surface area contributed by atoms with Gasteiger partial charge in [-0.3, -0.25) is 0 Å². The van der Waals surface area contributed by atoms with Crippen molar-refractivity contribution in [3.63, 3.8) is 0 Å². The molecule has 8 aromatic carbocycles. The maximum absolute atomic E-state index is 9.58. The number of hydrogen-bond donors (Lipinski definition) is 0. The van der Waals surface area contributed by atoms with Crippen LogP contribution in [-0.2, 0) is 0 Å². The minimum Gasteiger partial charge on any atom is -0.455 e. The first kappa shape index (κ1) is 10.3. The Hall–Kier alpha value is -5.92. The maximum atomic E-state index is 9.58. The Labute approximate surface area is 299 Å². The van der Waals surface area contributed by atoms with Crippen molar-refractivity contribution >= 4 is 43.5 Å². The Kier molecular flexibility index (Phi) is 2.38. The van der Waals surface area contributed by atoms with Gasteiger partial charge < -0.3 is 4.42 Å². The van der Waals surface area contributed by atoms with Crippen molar-refractivity contribution < 1.29 is 41.4 Å². The van der Waals surface area contributed by atoms with E-state index in [-0.39, 0.29) is 10.8 Å². The average molecular weight is 600 g/mol. The van der Waals surface area contributed by atoms with E-state index < -0.39 is 240 Å². The molecule has 0 aliphatic heterocycles. The fourth-order valence-electron chi connectivity index (χ4n) is 5.31. The Morgan fingerprint density at radius 1 is 0.311 bits per heavy atom. The normalized spacial score (nSPS) is 20.0. The zero-order chi connectivity index (χ0) is 53.2. The molecule has 0 fully saturated rings. The van der Waals surface area contributed by atoms with E-state index in [4.69, 9.17) is 30.5 Å². The van der Waals surface area contributed by atoms with E-state index in [1.807, 2.05) is 0 Å². The highest BCUT2D eigenvalue weighted by atomic mass is 16.3. The van der Waals surface area contributed by atoms with E-state index in [9.17, 15) is 11.0 Å². The molecule has 1 nitrogen and oxygen atoms in total. The molecule has 0 spiro atoms. The molecule has 0 aliphatic carbocycles. The first-order chi connectivity index (χ1) is 33.6. The minimum absolute atomic E-state index is 0.263. The second-order valence-electron chi connectivity index (χ2n) is 9.59. The zero-order valence-electron chi connectivity index (χ0n) is 49.5. The van der Waals surface area contributed by atoms with E-state index in [1.165, 1.54) is 0 Å². The first-order valence-corrected chi connectivity index (χ1v) is 13.2. The van der Waals surface area contributed by atoms with Crippen molar-refractivity contribution in [1.82, 2.24) is 0 Å². The van der Waals surface area contributed by atoms with Gasteiger partial charge in [0.05, 0.1) is 37.0 Å². The van der Waals surface area contributed by atoms with Gasteiger partial charge in [0.25, 0.3) is 0 Å². The van der Waals surface area contributed by atoms with Gasteiger partial charge in [0.2, 0.25) is 0 Å². The lowest BCUT2D eigenvalue weighted by atomic mass is 9.85. The molecule has 9 aromatic rings. The molecular weight excluding hydrogens is 544 g/mol. The molecule has 0 saturated heterocycles. The molecule has 1 aromatic heterocycles. The lowest BCUT2D eigenvalue weighted by molar-refractivity contribution is 0.671. The summed E-state index contributed by atoms with van der Waals surface area (Å²) in [5.74, 6) is 0. The molecule has 1 heteroatoms. The fraction of sp³-hybridized carbons (Fsp3) is 0. The third-order valence-corrected chi connectivity index (χ3v) is 7.19. The van der Waals surface area contributed by atoms with E-state index in [2.05, 4.69) is 0 Å². The average Bonchev–Trinajstić information content (AvgIpc) is 3.72. The summed E-state index contributed by atoms with van der Waals surface area (Å²) in [6, 6.07) is -23.3. The molecule has 210 valence electrons. The van der Waals surface area contributed by atoms with Crippen molar-refractivity contribution in [3.05, 3.63) is 169 Å². The van der Waals surface area contributed by atoms with Crippen LogP contribution >= 0.6 is 0 Å². The molecule has 0 saturated carbocycles. The first-order valence-electron chi connectivity index (χ1n) is 26.7. The van der Waals surface area contributed by atoms with E-state index in [1.54, 1.807) is 0 Å². The summed E-state index contributed by atoms with van der Waals surface area (Å²) in [5, 5.41) is -3.39. The minimum atomic E-state index is -1.06. The third kappa shape index (κ3) is 4.09. The Morgan fingerprint density at radius 3 is 1.29 bits per heavy atom.